The van der Waals surface area contributed by atoms with E-state index >= 15 is 0 Å². The van der Waals surface area contributed by atoms with Crippen LogP contribution in [0.4, 0.5) is 0 Å². The van der Waals surface area contributed by atoms with Crippen LogP contribution < -0.4 is 5.32 Å². The highest BCUT2D eigenvalue weighted by Crippen LogP contribution is 2.22. The van der Waals surface area contributed by atoms with Crippen LogP contribution in [-0.2, 0) is 0 Å². The summed E-state index contributed by atoms with van der Waals surface area (Å²) in [5.41, 5.74) is 0.0631. The molecule has 15 heavy (non-hydrogen) atoms. The molecule has 1 amide bonds. The zero-order valence-electron chi connectivity index (χ0n) is 8.27. The first-order chi connectivity index (χ1) is 7.04. The van der Waals surface area contributed by atoms with Gasteiger partial charge in [-0.2, -0.15) is 0 Å². The van der Waals surface area contributed by atoms with Gasteiger partial charge in [0.2, 0.25) is 0 Å². The maximum absolute atomic E-state index is 11.5. The minimum atomic E-state index is -0.492. The van der Waals surface area contributed by atoms with Gasteiger partial charge in [-0.25, -0.2) is 0 Å². The number of rotatable bonds is 3. The summed E-state index contributed by atoms with van der Waals surface area (Å²) in [7, 11) is 0. The maximum atomic E-state index is 11.5. The summed E-state index contributed by atoms with van der Waals surface area (Å²) >= 11 is 0. The van der Waals surface area contributed by atoms with Gasteiger partial charge < -0.3 is 20.6 Å². The number of phenols is 2. The Morgan fingerprint density at radius 2 is 2.13 bits per heavy atom. The molecular weight excluding hydrogens is 198 g/mol. The van der Waals surface area contributed by atoms with Crippen molar-refractivity contribution >= 4 is 5.91 Å². The lowest BCUT2D eigenvalue weighted by molar-refractivity contribution is 0.0919. The van der Waals surface area contributed by atoms with E-state index < -0.39 is 5.91 Å². The number of phenolic OH excluding ortho intramolecular Hbond substituents is 2. The number of hydrogen-bond donors (Lipinski definition) is 4. The number of amides is 1. The Hall–Kier alpha value is -1.75. The van der Waals surface area contributed by atoms with E-state index in [0.29, 0.717) is 0 Å². The molecule has 0 aromatic heterocycles. The summed E-state index contributed by atoms with van der Waals surface area (Å²) < 4.78 is 0. The van der Waals surface area contributed by atoms with Crippen LogP contribution >= 0.6 is 0 Å². The molecule has 4 N–H and O–H groups in total. The van der Waals surface area contributed by atoms with Crippen LogP contribution in [0.5, 0.6) is 11.5 Å². The number of aromatic hydroxyl groups is 2. The maximum Gasteiger partial charge on any atom is 0.255 e. The van der Waals surface area contributed by atoms with E-state index in [2.05, 4.69) is 5.32 Å². The predicted molar refractivity (Wildman–Crippen MR) is 53.8 cm³/mol. The lowest BCUT2D eigenvalue weighted by Gasteiger charge is -2.11. The van der Waals surface area contributed by atoms with Crippen molar-refractivity contribution in [3.8, 4) is 11.5 Å². The topological polar surface area (TPSA) is 89.8 Å². The summed E-state index contributed by atoms with van der Waals surface area (Å²) in [6, 6.07) is 3.31. The number of aliphatic hydroxyl groups excluding tert-OH is 1. The molecule has 82 valence electrons. The number of benzene rings is 1. The van der Waals surface area contributed by atoms with Gasteiger partial charge in [0.1, 0.15) is 11.5 Å². The van der Waals surface area contributed by atoms with E-state index in [-0.39, 0.29) is 29.7 Å². The van der Waals surface area contributed by atoms with Crippen molar-refractivity contribution < 1.29 is 20.1 Å². The number of aliphatic hydroxyl groups is 1. The molecule has 0 fully saturated rings. The highest BCUT2D eigenvalue weighted by atomic mass is 16.3. The molecule has 1 atom stereocenters. The first-order valence-corrected chi connectivity index (χ1v) is 4.48. The van der Waals surface area contributed by atoms with E-state index in [1.807, 2.05) is 0 Å². The Bertz CT molecular complexity index is 364. The molecule has 5 heteroatoms. The highest BCUT2D eigenvalue weighted by Gasteiger charge is 2.13. The third-order valence-electron chi connectivity index (χ3n) is 1.88. The third-order valence-corrected chi connectivity index (χ3v) is 1.88. The van der Waals surface area contributed by atoms with E-state index in [9.17, 15) is 9.90 Å². The van der Waals surface area contributed by atoms with Crippen molar-refractivity contribution in [3.05, 3.63) is 23.8 Å². The van der Waals surface area contributed by atoms with Crippen molar-refractivity contribution in [2.24, 2.45) is 0 Å². The van der Waals surface area contributed by atoms with E-state index in [4.69, 9.17) is 10.2 Å². The Balaban J connectivity index is 2.82. The average Bonchev–Trinajstić information content (AvgIpc) is 2.17. The van der Waals surface area contributed by atoms with Crippen LogP contribution in [0.3, 0.4) is 0 Å². The molecule has 0 bridgehead atoms. The molecule has 0 aliphatic carbocycles. The number of carbonyl (C=O) groups is 1. The Morgan fingerprint density at radius 1 is 1.47 bits per heavy atom. The van der Waals surface area contributed by atoms with Gasteiger partial charge >= 0.3 is 0 Å². The largest absolute Gasteiger partial charge is 0.508 e. The fourth-order valence-electron chi connectivity index (χ4n) is 1.06. The van der Waals surface area contributed by atoms with Crippen LogP contribution in [0, 0.1) is 0 Å². The lowest BCUT2D eigenvalue weighted by Crippen LogP contribution is -2.34. The van der Waals surface area contributed by atoms with Crippen LogP contribution in [0.2, 0.25) is 0 Å². The normalized spacial score (nSPS) is 12.1. The minimum Gasteiger partial charge on any atom is -0.508 e. The zero-order valence-corrected chi connectivity index (χ0v) is 8.27. The summed E-state index contributed by atoms with van der Waals surface area (Å²) in [6.45, 7) is 1.46. The van der Waals surface area contributed by atoms with Crippen LogP contribution in [0.15, 0.2) is 18.2 Å². The summed E-state index contributed by atoms with van der Waals surface area (Å²) in [4.78, 5) is 11.5. The summed E-state index contributed by atoms with van der Waals surface area (Å²) in [5.74, 6) is -0.897. The second-order valence-corrected chi connectivity index (χ2v) is 3.26. The number of carbonyl (C=O) groups excluding carboxylic acids is 1. The molecule has 0 saturated carbocycles. The molecule has 1 rings (SSSR count). The van der Waals surface area contributed by atoms with E-state index in [0.717, 1.165) is 6.07 Å². The van der Waals surface area contributed by atoms with Crippen molar-refractivity contribution in [1.82, 2.24) is 5.32 Å². The van der Waals surface area contributed by atoms with Crippen molar-refractivity contribution in [3.63, 3.8) is 0 Å². The van der Waals surface area contributed by atoms with Gasteiger partial charge in [-0.15, -0.1) is 0 Å². The van der Waals surface area contributed by atoms with Crippen LogP contribution in [0.25, 0.3) is 0 Å². The second kappa shape index (κ2) is 4.65. The smallest absolute Gasteiger partial charge is 0.255 e. The standard InChI is InChI=1S/C10H13NO4/c1-6(5-12)11-10(15)8-3-2-7(13)4-9(8)14/h2-4,6,12-14H,5H2,1H3,(H,11,15). The zero-order chi connectivity index (χ0) is 11.4. The minimum absolute atomic E-state index is 0.0631. The summed E-state index contributed by atoms with van der Waals surface area (Å²) in [5, 5.41) is 29.6. The first kappa shape index (κ1) is 11.3. The Kier molecular flexibility index (Phi) is 3.51. The molecular formula is C10H13NO4. The van der Waals surface area contributed by atoms with Gasteiger partial charge in [0.15, 0.2) is 0 Å². The van der Waals surface area contributed by atoms with Crippen molar-refractivity contribution in [2.45, 2.75) is 13.0 Å². The van der Waals surface area contributed by atoms with Gasteiger partial charge in [-0.05, 0) is 19.1 Å². The fourth-order valence-corrected chi connectivity index (χ4v) is 1.06. The molecule has 0 heterocycles. The lowest BCUT2D eigenvalue weighted by atomic mass is 10.1. The fraction of sp³-hybridized carbons (Fsp3) is 0.300. The molecule has 1 aromatic rings. The van der Waals surface area contributed by atoms with Gasteiger partial charge in [-0.1, -0.05) is 0 Å². The van der Waals surface area contributed by atoms with Crippen LogP contribution in [-0.4, -0.2) is 33.9 Å². The molecule has 1 aromatic carbocycles. The SMILES string of the molecule is CC(CO)NC(=O)c1ccc(O)cc1O. The van der Waals surface area contributed by atoms with Crippen molar-refractivity contribution in [2.75, 3.05) is 6.61 Å². The Labute approximate surface area is 87.0 Å². The quantitative estimate of drug-likeness (QED) is 0.575. The van der Waals surface area contributed by atoms with Crippen LogP contribution in [0.1, 0.15) is 17.3 Å². The molecule has 0 spiro atoms. The number of hydrogen-bond acceptors (Lipinski definition) is 4. The molecule has 0 aliphatic heterocycles. The van der Waals surface area contributed by atoms with E-state index in [1.165, 1.54) is 12.1 Å². The first-order valence-electron chi connectivity index (χ1n) is 4.48. The molecule has 0 aliphatic rings. The summed E-state index contributed by atoms with van der Waals surface area (Å²) in [6.07, 6.45) is 0. The average molecular weight is 211 g/mol. The molecule has 5 nitrogen and oxygen atoms in total. The van der Waals surface area contributed by atoms with Gasteiger partial charge in [-0.3, -0.25) is 4.79 Å². The van der Waals surface area contributed by atoms with E-state index in [1.54, 1.807) is 6.92 Å². The highest BCUT2D eigenvalue weighted by molar-refractivity contribution is 5.97. The number of nitrogens with one attached hydrogen (secondary N) is 1. The molecule has 1 unspecified atom stereocenters. The van der Waals surface area contributed by atoms with Gasteiger partial charge in [0, 0.05) is 12.1 Å². The molecule has 0 saturated heterocycles. The van der Waals surface area contributed by atoms with Crippen molar-refractivity contribution in [1.29, 1.82) is 0 Å². The molecule has 0 radical (unpaired) electrons. The Morgan fingerprint density at radius 3 is 2.67 bits per heavy atom. The van der Waals surface area contributed by atoms with Gasteiger partial charge in [0.05, 0.1) is 12.2 Å². The second-order valence-electron chi connectivity index (χ2n) is 3.26. The van der Waals surface area contributed by atoms with Gasteiger partial charge in [0.25, 0.3) is 5.91 Å². The third kappa shape index (κ3) is 2.85. The predicted octanol–water partition coefficient (Wildman–Crippen LogP) is 0.208. The monoisotopic (exact) mass is 211 g/mol.